The second kappa shape index (κ2) is 15.2. The van der Waals surface area contributed by atoms with Gasteiger partial charge < -0.3 is 4.74 Å². The van der Waals surface area contributed by atoms with E-state index in [-0.39, 0.29) is 5.97 Å². The minimum Gasteiger partial charge on any atom is -0.469 e. The zero-order valence-corrected chi connectivity index (χ0v) is 14.2. The van der Waals surface area contributed by atoms with E-state index in [1.807, 2.05) is 0 Å². The van der Waals surface area contributed by atoms with E-state index in [9.17, 15) is 4.79 Å². The normalized spacial score (nSPS) is 12.3. The Balaban J connectivity index is 3.18. The Hall–Kier alpha value is -0.240. The van der Waals surface area contributed by atoms with Crippen molar-refractivity contribution < 1.29 is 9.53 Å². The van der Waals surface area contributed by atoms with Crippen molar-refractivity contribution in [1.29, 1.82) is 0 Å². The maximum atomic E-state index is 10.9. The van der Waals surface area contributed by atoms with Gasteiger partial charge in [-0.2, -0.15) is 0 Å². The lowest BCUT2D eigenvalue weighted by Crippen LogP contribution is -2.00. The molecule has 0 bridgehead atoms. The molecular weight excluding hydrogens is 272 g/mol. The van der Waals surface area contributed by atoms with Crippen LogP contribution in [0.25, 0.3) is 0 Å². The van der Waals surface area contributed by atoms with Gasteiger partial charge in [0, 0.05) is 11.8 Å². The lowest BCUT2D eigenvalue weighted by Gasteiger charge is -2.09. The van der Waals surface area contributed by atoms with Crippen LogP contribution in [0.15, 0.2) is 0 Å². The van der Waals surface area contributed by atoms with Crippen LogP contribution in [0.5, 0.6) is 0 Å². The van der Waals surface area contributed by atoms with Crippen LogP contribution in [0.4, 0.5) is 0 Å². The first kappa shape index (κ1) is 19.8. The molecule has 0 rings (SSSR count). The smallest absolute Gasteiger partial charge is 0.305 e. The molecule has 3 heteroatoms. The van der Waals surface area contributed by atoms with Crippen LogP contribution in [-0.4, -0.2) is 18.5 Å². The molecule has 0 aromatic heterocycles. The van der Waals surface area contributed by atoms with Crippen molar-refractivity contribution >= 4 is 17.6 Å². The molecular formula is C17H33ClO2. The Kier molecular flexibility index (Phi) is 15.0. The number of carbonyl (C=O) groups is 1. The lowest BCUT2D eigenvalue weighted by molar-refractivity contribution is -0.140. The molecule has 0 aliphatic rings. The molecule has 20 heavy (non-hydrogen) atoms. The molecule has 0 aliphatic carbocycles. The van der Waals surface area contributed by atoms with E-state index in [0.717, 1.165) is 19.3 Å². The van der Waals surface area contributed by atoms with Gasteiger partial charge in [-0.15, -0.1) is 11.6 Å². The van der Waals surface area contributed by atoms with Crippen LogP contribution < -0.4 is 0 Å². The number of halogens is 1. The number of methoxy groups -OCH3 is 1. The second-order valence-electron chi connectivity index (χ2n) is 5.68. The van der Waals surface area contributed by atoms with Crippen LogP contribution in [0.3, 0.4) is 0 Å². The highest BCUT2D eigenvalue weighted by atomic mass is 35.5. The number of carbonyl (C=O) groups excluding carboxylic acids is 1. The average Bonchev–Trinajstić information content (AvgIpc) is 2.45. The monoisotopic (exact) mass is 304 g/mol. The summed E-state index contributed by atoms with van der Waals surface area (Å²) in [6, 6.07) is 0. The highest BCUT2D eigenvalue weighted by Gasteiger charge is 2.04. The molecule has 0 N–H and O–H groups in total. The summed E-state index contributed by atoms with van der Waals surface area (Å²) < 4.78 is 4.61. The first-order chi connectivity index (χ1) is 9.70. The van der Waals surface area contributed by atoms with E-state index in [2.05, 4.69) is 11.7 Å². The number of ether oxygens (including phenoxy) is 1. The molecule has 1 unspecified atom stereocenters. The predicted molar refractivity (Wildman–Crippen MR) is 87.4 cm³/mol. The van der Waals surface area contributed by atoms with Gasteiger partial charge >= 0.3 is 5.97 Å². The van der Waals surface area contributed by atoms with Crippen LogP contribution >= 0.6 is 11.6 Å². The zero-order valence-electron chi connectivity index (χ0n) is 13.5. The van der Waals surface area contributed by atoms with Crippen molar-refractivity contribution in [1.82, 2.24) is 0 Å². The molecule has 0 heterocycles. The van der Waals surface area contributed by atoms with Gasteiger partial charge in [0.05, 0.1) is 7.11 Å². The third-order valence-corrected chi connectivity index (χ3v) is 4.18. The van der Waals surface area contributed by atoms with Crippen molar-refractivity contribution in [2.75, 3.05) is 7.11 Å². The standard InChI is InChI=1S/C17H33ClO2/c1-3-4-5-7-10-13-16(18)14-11-8-6-9-12-15-17(19)20-2/h16H,3-15H2,1-2H3. The summed E-state index contributed by atoms with van der Waals surface area (Å²) in [6.45, 7) is 2.25. The number of alkyl halides is 1. The quantitative estimate of drug-likeness (QED) is 0.228. The number of esters is 1. The van der Waals surface area contributed by atoms with Gasteiger partial charge in [-0.1, -0.05) is 64.7 Å². The molecule has 0 fully saturated rings. The van der Waals surface area contributed by atoms with Gasteiger partial charge in [0.15, 0.2) is 0 Å². The summed E-state index contributed by atoms with van der Waals surface area (Å²) in [5, 5.41) is 0.367. The molecule has 0 aromatic carbocycles. The third kappa shape index (κ3) is 14.2. The predicted octanol–water partition coefficient (Wildman–Crippen LogP) is 5.86. The Morgan fingerprint density at radius 3 is 1.95 bits per heavy atom. The largest absolute Gasteiger partial charge is 0.469 e. The summed E-state index contributed by atoms with van der Waals surface area (Å²) >= 11 is 6.33. The minimum absolute atomic E-state index is 0.0890. The van der Waals surface area contributed by atoms with Crippen LogP contribution in [0, 0.1) is 0 Å². The van der Waals surface area contributed by atoms with Crippen LogP contribution in [-0.2, 0) is 9.53 Å². The lowest BCUT2D eigenvalue weighted by atomic mass is 10.0. The van der Waals surface area contributed by atoms with Gasteiger partial charge in [-0.3, -0.25) is 4.79 Å². The molecule has 0 aromatic rings. The Morgan fingerprint density at radius 1 is 0.900 bits per heavy atom. The summed E-state index contributed by atoms with van der Waals surface area (Å²) in [5.74, 6) is -0.0890. The van der Waals surface area contributed by atoms with Crippen molar-refractivity contribution in [2.45, 2.75) is 95.8 Å². The maximum Gasteiger partial charge on any atom is 0.305 e. The summed E-state index contributed by atoms with van der Waals surface area (Å²) in [4.78, 5) is 10.9. The fourth-order valence-electron chi connectivity index (χ4n) is 2.38. The molecule has 0 saturated heterocycles. The van der Waals surface area contributed by atoms with Gasteiger partial charge in [-0.05, 0) is 19.3 Å². The van der Waals surface area contributed by atoms with Crippen molar-refractivity contribution in [3.63, 3.8) is 0 Å². The Morgan fingerprint density at radius 2 is 1.40 bits per heavy atom. The Bertz CT molecular complexity index is 219. The molecule has 2 nitrogen and oxygen atoms in total. The van der Waals surface area contributed by atoms with Gasteiger partial charge in [0.25, 0.3) is 0 Å². The van der Waals surface area contributed by atoms with Crippen molar-refractivity contribution in [3.8, 4) is 0 Å². The third-order valence-electron chi connectivity index (χ3n) is 3.75. The number of hydrogen-bond donors (Lipinski definition) is 0. The van der Waals surface area contributed by atoms with Crippen LogP contribution in [0.2, 0.25) is 0 Å². The highest BCUT2D eigenvalue weighted by molar-refractivity contribution is 6.20. The van der Waals surface area contributed by atoms with E-state index < -0.39 is 0 Å². The van der Waals surface area contributed by atoms with Gasteiger partial charge in [-0.25, -0.2) is 0 Å². The summed E-state index contributed by atoms with van der Waals surface area (Å²) in [6.07, 6.45) is 15.3. The molecule has 0 radical (unpaired) electrons. The number of hydrogen-bond acceptors (Lipinski definition) is 2. The van der Waals surface area contributed by atoms with E-state index in [4.69, 9.17) is 11.6 Å². The molecule has 120 valence electrons. The molecule has 0 aliphatic heterocycles. The Labute approximate surface area is 130 Å². The first-order valence-corrected chi connectivity index (χ1v) is 8.85. The fraction of sp³-hybridized carbons (Fsp3) is 0.941. The average molecular weight is 305 g/mol. The number of rotatable bonds is 14. The van der Waals surface area contributed by atoms with Gasteiger partial charge in [0.1, 0.15) is 0 Å². The molecule has 0 saturated carbocycles. The van der Waals surface area contributed by atoms with Gasteiger partial charge in [0.2, 0.25) is 0 Å². The zero-order chi connectivity index (χ0) is 15.1. The molecule has 0 amide bonds. The van der Waals surface area contributed by atoms with E-state index >= 15 is 0 Å². The van der Waals surface area contributed by atoms with Crippen molar-refractivity contribution in [3.05, 3.63) is 0 Å². The SMILES string of the molecule is CCCCCCCC(Cl)CCCCCCCC(=O)OC. The molecule has 0 spiro atoms. The summed E-state index contributed by atoms with van der Waals surface area (Å²) in [5.41, 5.74) is 0. The van der Waals surface area contributed by atoms with E-state index in [1.54, 1.807) is 0 Å². The first-order valence-electron chi connectivity index (χ1n) is 8.41. The number of unbranched alkanes of at least 4 members (excludes halogenated alkanes) is 8. The fourth-order valence-corrected chi connectivity index (χ4v) is 2.69. The second-order valence-corrected chi connectivity index (χ2v) is 6.30. The topological polar surface area (TPSA) is 26.3 Å². The van der Waals surface area contributed by atoms with Crippen LogP contribution in [0.1, 0.15) is 90.4 Å². The van der Waals surface area contributed by atoms with E-state index in [0.29, 0.717) is 11.8 Å². The minimum atomic E-state index is -0.0890. The maximum absolute atomic E-state index is 10.9. The van der Waals surface area contributed by atoms with Crippen molar-refractivity contribution in [2.24, 2.45) is 0 Å². The highest BCUT2D eigenvalue weighted by Crippen LogP contribution is 2.17. The summed E-state index contributed by atoms with van der Waals surface area (Å²) in [7, 11) is 1.45. The molecule has 1 atom stereocenters. The van der Waals surface area contributed by atoms with E-state index in [1.165, 1.54) is 64.9 Å².